The molecule has 0 aliphatic heterocycles. The number of carbonyl (C=O) groups is 1. The lowest BCUT2D eigenvalue weighted by Gasteiger charge is -2.13. The molecule has 29 heavy (non-hydrogen) atoms. The van der Waals surface area contributed by atoms with E-state index < -0.39 is 5.97 Å². The van der Waals surface area contributed by atoms with E-state index in [2.05, 4.69) is 31.9 Å². The number of esters is 1. The molecule has 3 aromatic rings. The highest BCUT2D eigenvalue weighted by atomic mass is 16.6. The minimum absolute atomic E-state index is 0.00315. The average molecular weight is 394 g/mol. The molecule has 0 spiro atoms. The highest BCUT2D eigenvalue weighted by Gasteiger charge is 2.13. The molecule has 0 bridgehead atoms. The van der Waals surface area contributed by atoms with Crippen LogP contribution in [0.15, 0.2) is 47.3 Å². The van der Waals surface area contributed by atoms with E-state index in [9.17, 15) is 9.59 Å². The fourth-order valence-electron chi connectivity index (χ4n) is 3.40. The molecular formula is C23H26N2O4. The number of benzene rings is 2. The number of rotatable bonds is 7. The summed E-state index contributed by atoms with van der Waals surface area (Å²) < 4.78 is 12.2. The lowest BCUT2D eigenvalue weighted by atomic mass is 9.98. The van der Waals surface area contributed by atoms with Crippen LogP contribution in [0, 0.1) is 6.92 Å². The molecule has 1 heterocycles. The first kappa shape index (κ1) is 20.6. The van der Waals surface area contributed by atoms with Gasteiger partial charge in [-0.25, -0.2) is 4.68 Å². The van der Waals surface area contributed by atoms with Gasteiger partial charge in [0.1, 0.15) is 19.0 Å². The van der Waals surface area contributed by atoms with Gasteiger partial charge in [0.15, 0.2) is 0 Å². The van der Waals surface area contributed by atoms with Crippen LogP contribution in [-0.2, 0) is 23.0 Å². The minimum atomic E-state index is -0.406. The molecule has 0 saturated carbocycles. The first-order valence-electron chi connectivity index (χ1n) is 9.70. The Labute approximate surface area is 170 Å². The standard InChI is InChI=1S/C23H26N2O4/c1-15(2)18-10-9-17(13-16(18)3)28-11-12-29-22(26)14-21-19-7-5-6-8-20(19)23(27)25(4)24-21/h5-10,13,15H,11-12,14H2,1-4H3. The summed E-state index contributed by atoms with van der Waals surface area (Å²) in [5.74, 6) is 0.817. The van der Waals surface area contributed by atoms with Crippen LogP contribution in [0.1, 0.15) is 36.6 Å². The summed E-state index contributed by atoms with van der Waals surface area (Å²) in [4.78, 5) is 24.4. The van der Waals surface area contributed by atoms with E-state index in [0.29, 0.717) is 22.4 Å². The van der Waals surface area contributed by atoms with Gasteiger partial charge in [0.05, 0.1) is 17.5 Å². The molecule has 0 aliphatic rings. The zero-order valence-electron chi connectivity index (χ0n) is 17.3. The summed E-state index contributed by atoms with van der Waals surface area (Å²) in [5, 5.41) is 5.43. The second-order valence-electron chi connectivity index (χ2n) is 7.34. The van der Waals surface area contributed by atoms with Crippen molar-refractivity contribution < 1.29 is 14.3 Å². The van der Waals surface area contributed by atoms with Gasteiger partial charge in [0.25, 0.3) is 5.56 Å². The van der Waals surface area contributed by atoms with Crippen LogP contribution in [0.2, 0.25) is 0 Å². The third-order valence-electron chi connectivity index (χ3n) is 4.82. The second kappa shape index (κ2) is 8.90. The van der Waals surface area contributed by atoms with Gasteiger partial charge in [-0.3, -0.25) is 9.59 Å². The van der Waals surface area contributed by atoms with Crippen LogP contribution in [0.25, 0.3) is 10.8 Å². The zero-order chi connectivity index (χ0) is 21.0. The van der Waals surface area contributed by atoms with Crippen molar-refractivity contribution in [2.75, 3.05) is 13.2 Å². The molecule has 0 aliphatic carbocycles. The molecule has 0 radical (unpaired) electrons. The summed E-state index contributed by atoms with van der Waals surface area (Å²) in [6.45, 7) is 6.80. The number of fused-ring (bicyclic) bond motifs is 1. The van der Waals surface area contributed by atoms with Gasteiger partial charge in [0.2, 0.25) is 0 Å². The van der Waals surface area contributed by atoms with Crippen molar-refractivity contribution in [3.05, 3.63) is 69.6 Å². The number of ether oxygens (including phenoxy) is 2. The van der Waals surface area contributed by atoms with Gasteiger partial charge in [-0.15, -0.1) is 0 Å². The molecule has 0 atom stereocenters. The van der Waals surface area contributed by atoms with Crippen LogP contribution in [-0.4, -0.2) is 29.0 Å². The Morgan fingerprint density at radius 3 is 2.52 bits per heavy atom. The van der Waals surface area contributed by atoms with Crippen LogP contribution < -0.4 is 10.3 Å². The molecule has 2 aromatic carbocycles. The summed E-state index contributed by atoms with van der Waals surface area (Å²) in [6, 6.07) is 13.1. The maximum atomic E-state index is 12.2. The smallest absolute Gasteiger partial charge is 0.312 e. The van der Waals surface area contributed by atoms with Crippen LogP contribution in [0.4, 0.5) is 0 Å². The van der Waals surface area contributed by atoms with Crippen LogP contribution in [0.5, 0.6) is 5.75 Å². The number of nitrogens with zero attached hydrogens (tertiary/aromatic N) is 2. The molecule has 6 heteroatoms. The third kappa shape index (κ3) is 4.83. The molecule has 6 nitrogen and oxygen atoms in total. The molecule has 0 fully saturated rings. The molecule has 0 unspecified atom stereocenters. The molecule has 1 aromatic heterocycles. The van der Waals surface area contributed by atoms with Crippen LogP contribution in [0.3, 0.4) is 0 Å². The maximum absolute atomic E-state index is 12.2. The van der Waals surface area contributed by atoms with Gasteiger partial charge in [0, 0.05) is 12.4 Å². The van der Waals surface area contributed by atoms with E-state index in [4.69, 9.17) is 9.47 Å². The molecule has 152 valence electrons. The Kier molecular flexibility index (Phi) is 6.32. The number of aryl methyl sites for hydroxylation is 2. The Bertz CT molecular complexity index is 1090. The summed E-state index contributed by atoms with van der Waals surface area (Å²) >= 11 is 0. The van der Waals surface area contributed by atoms with Gasteiger partial charge in [-0.05, 0) is 42.2 Å². The van der Waals surface area contributed by atoms with Crippen molar-refractivity contribution in [2.45, 2.75) is 33.1 Å². The van der Waals surface area contributed by atoms with Crippen molar-refractivity contribution in [1.29, 1.82) is 0 Å². The topological polar surface area (TPSA) is 70.4 Å². The average Bonchev–Trinajstić information content (AvgIpc) is 2.69. The first-order chi connectivity index (χ1) is 13.9. The van der Waals surface area contributed by atoms with E-state index in [0.717, 1.165) is 5.75 Å². The Balaban J connectivity index is 1.56. The predicted molar refractivity (Wildman–Crippen MR) is 112 cm³/mol. The van der Waals surface area contributed by atoms with E-state index in [1.54, 1.807) is 25.2 Å². The van der Waals surface area contributed by atoms with Crippen LogP contribution >= 0.6 is 0 Å². The second-order valence-corrected chi connectivity index (χ2v) is 7.34. The highest BCUT2D eigenvalue weighted by molar-refractivity contribution is 5.86. The molecule has 0 saturated heterocycles. The summed E-state index contributed by atoms with van der Waals surface area (Å²) in [5.41, 5.74) is 2.81. The zero-order valence-corrected chi connectivity index (χ0v) is 17.3. The number of aromatic nitrogens is 2. The number of carbonyl (C=O) groups excluding carboxylic acids is 1. The van der Waals surface area contributed by atoms with Gasteiger partial charge >= 0.3 is 5.97 Å². The monoisotopic (exact) mass is 394 g/mol. The Morgan fingerprint density at radius 2 is 1.83 bits per heavy atom. The maximum Gasteiger partial charge on any atom is 0.312 e. The minimum Gasteiger partial charge on any atom is -0.490 e. The molecular weight excluding hydrogens is 368 g/mol. The van der Waals surface area contributed by atoms with E-state index in [1.165, 1.54) is 15.8 Å². The van der Waals surface area contributed by atoms with Crippen molar-refractivity contribution in [3.8, 4) is 5.75 Å². The van der Waals surface area contributed by atoms with Crippen molar-refractivity contribution in [2.24, 2.45) is 7.05 Å². The lowest BCUT2D eigenvalue weighted by molar-refractivity contribution is -0.143. The van der Waals surface area contributed by atoms with Crippen molar-refractivity contribution in [3.63, 3.8) is 0 Å². The quantitative estimate of drug-likeness (QED) is 0.453. The van der Waals surface area contributed by atoms with E-state index >= 15 is 0 Å². The van der Waals surface area contributed by atoms with Crippen molar-refractivity contribution in [1.82, 2.24) is 9.78 Å². The SMILES string of the molecule is Cc1cc(OCCOC(=O)Cc2nn(C)c(=O)c3ccccc23)ccc1C(C)C. The van der Waals surface area contributed by atoms with Gasteiger partial charge < -0.3 is 9.47 Å². The summed E-state index contributed by atoms with van der Waals surface area (Å²) in [7, 11) is 1.57. The third-order valence-corrected chi connectivity index (χ3v) is 4.82. The predicted octanol–water partition coefficient (Wildman–Crippen LogP) is 3.53. The van der Waals surface area contributed by atoms with Gasteiger partial charge in [-0.1, -0.05) is 38.1 Å². The first-order valence-corrected chi connectivity index (χ1v) is 9.70. The van der Waals surface area contributed by atoms with E-state index in [-0.39, 0.29) is 25.2 Å². The fourth-order valence-corrected chi connectivity index (χ4v) is 3.40. The molecule has 0 N–H and O–H groups in total. The Hall–Kier alpha value is -3.15. The fraction of sp³-hybridized carbons (Fsp3) is 0.348. The van der Waals surface area contributed by atoms with Crippen molar-refractivity contribution >= 4 is 16.7 Å². The molecule has 3 rings (SSSR count). The number of hydrogen-bond donors (Lipinski definition) is 0. The summed E-state index contributed by atoms with van der Waals surface area (Å²) in [6.07, 6.45) is -0.00315. The molecule has 0 amide bonds. The van der Waals surface area contributed by atoms with E-state index in [1.807, 2.05) is 18.2 Å². The highest BCUT2D eigenvalue weighted by Crippen LogP contribution is 2.23. The largest absolute Gasteiger partial charge is 0.490 e. The normalized spacial score (nSPS) is 11.1. The lowest BCUT2D eigenvalue weighted by Crippen LogP contribution is -2.23. The van der Waals surface area contributed by atoms with Gasteiger partial charge in [-0.2, -0.15) is 5.10 Å². The Morgan fingerprint density at radius 1 is 1.10 bits per heavy atom. The number of hydrogen-bond acceptors (Lipinski definition) is 5.